The Hall–Kier alpha value is -3.09. The van der Waals surface area contributed by atoms with Crippen LogP contribution in [0.4, 0.5) is 0 Å². The molecule has 0 radical (unpaired) electrons. The molecule has 0 unspecified atom stereocenters. The van der Waals surface area contributed by atoms with Gasteiger partial charge in [0.05, 0.1) is 17.3 Å². The number of carbonyl (C=O) groups excluding carboxylic acids is 2. The first-order chi connectivity index (χ1) is 12.1. The Morgan fingerprint density at radius 2 is 2.12 bits per heavy atom. The van der Waals surface area contributed by atoms with Crippen molar-refractivity contribution in [3.63, 3.8) is 0 Å². The van der Waals surface area contributed by atoms with Crippen LogP contribution in [0.25, 0.3) is 5.52 Å². The minimum Gasteiger partial charge on any atom is -0.364 e. The first-order valence-corrected chi connectivity index (χ1v) is 8.36. The van der Waals surface area contributed by atoms with Gasteiger partial charge in [0.25, 0.3) is 11.8 Å². The van der Waals surface area contributed by atoms with Crippen molar-refractivity contribution in [3.8, 4) is 0 Å². The number of carbonyl (C=O) groups is 2. The van der Waals surface area contributed by atoms with Crippen LogP contribution in [0.15, 0.2) is 42.7 Å². The molecule has 2 amide bonds. The molecule has 1 aliphatic heterocycles. The monoisotopic (exact) mass is 337 g/mol. The maximum atomic E-state index is 13.1. The van der Waals surface area contributed by atoms with Crippen LogP contribution in [0.3, 0.4) is 0 Å². The fourth-order valence-corrected chi connectivity index (χ4v) is 3.47. The van der Waals surface area contributed by atoms with Gasteiger partial charge in [0.15, 0.2) is 0 Å². The number of rotatable bonds is 3. The van der Waals surface area contributed by atoms with E-state index in [2.05, 4.69) is 10.2 Å². The van der Waals surface area contributed by atoms with Crippen LogP contribution in [0.2, 0.25) is 0 Å². The molecule has 3 aromatic heterocycles. The number of nitrogens with two attached hydrogens (primary N) is 1. The molecule has 0 aliphatic carbocycles. The lowest BCUT2D eigenvalue weighted by molar-refractivity contribution is 0.0606. The highest BCUT2D eigenvalue weighted by molar-refractivity contribution is 5.96. The summed E-state index contributed by atoms with van der Waals surface area (Å²) >= 11 is 0. The van der Waals surface area contributed by atoms with Gasteiger partial charge >= 0.3 is 0 Å². The van der Waals surface area contributed by atoms with E-state index in [0.29, 0.717) is 12.1 Å². The van der Waals surface area contributed by atoms with Gasteiger partial charge < -0.3 is 15.0 Å². The number of primary amides is 1. The molecule has 128 valence electrons. The van der Waals surface area contributed by atoms with Crippen molar-refractivity contribution in [1.29, 1.82) is 0 Å². The Kier molecular flexibility index (Phi) is 3.76. The number of aromatic nitrogens is 3. The third-order valence-corrected chi connectivity index (χ3v) is 4.72. The smallest absolute Gasteiger partial charge is 0.269 e. The van der Waals surface area contributed by atoms with E-state index in [-0.39, 0.29) is 17.6 Å². The van der Waals surface area contributed by atoms with Gasteiger partial charge in [-0.3, -0.25) is 14.7 Å². The van der Waals surface area contributed by atoms with Crippen molar-refractivity contribution in [2.24, 2.45) is 5.73 Å². The Labute approximate surface area is 144 Å². The number of likely N-dealkylation sites (tertiary alicyclic amines) is 1. The van der Waals surface area contributed by atoms with E-state index in [9.17, 15) is 9.59 Å². The molecule has 0 saturated carbocycles. The fraction of sp³-hybridized carbons (Fsp3) is 0.278. The SMILES string of the molecule is NC(=O)c1cc([C@@H]2CCCCN2C(=O)c2cc3ccccn3c2)[nH]n1. The average molecular weight is 337 g/mol. The number of hydrogen-bond donors (Lipinski definition) is 2. The summed E-state index contributed by atoms with van der Waals surface area (Å²) in [4.78, 5) is 26.2. The van der Waals surface area contributed by atoms with E-state index < -0.39 is 5.91 Å². The summed E-state index contributed by atoms with van der Waals surface area (Å²) in [6.45, 7) is 0.681. The van der Waals surface area contributed by atoms with Gasteiger partial charge in [-0.1, -0.05) is 6.07 Å². The molecule has 1 saturated heterocycles. The number of nitrogens with one attached hydrogen (secondary N) is 1. The Morgan fingerprint density at radius 3 is 2.88 bits per heavy atom. The molecule has 3 aromatic rings. The number of piperidine rings is 1. The molecule has 4 heterocycles. The first-order valence-electron chi connectivity index (χ1n) is 8.36. The normalized spacial score (nSPS) is 17.8. The summed E-state index contributed by atoms with van der Waals surface area (Å²) in [5.41, 5.74) is 7.88. The van der Waals surface area contributed by atoms with Crippen LogP contribution in [-0.2, 0) is 0 Å². The van der Waals surface area contributed by atoms with E-state index in [1.54, 1.807) is 6.07 Å². The number of H-pyrrole nitrogens is 1. The molecule has 3 N–H and O–H groups in total. The van der Waals surface area contributed by atoms with Gasteiger partial charge in [-0.25, -0.2) is 0 Å². The molecule has 1 aliphatic rings. The minimum absolute atomic E-state index is 0.0105. The quantitative estimate of drug-likeness (QED) is 0.766. The number of nitrogens with zero attached hydrogens (tertiary/aromatic N) is 3. The largest absolute Gasteiger partial charge is 0.364 e. The minimum atomic E-state index is -0.574. The molecular formula is C18H19N5O2. The predicted molar refractivity (Wildman–Crippen MR) is 92.1 cm³/mol. The summed E-state index contributed by atoms with van der Waals surface area (Å²) in [6.07, 6.45) is 6.60. The van der Waals surface area contributed by atoms with Crippen LogP contribution >= 0.6 is 0 Å². The number of fused-ring (bicyclic) bond motifs is 1. The number of hydrogen-bond acceptors (Lipinski definition) is 3. The second-order valence-electron chi connectivity index (χ2n) is 6.34. The van der Waals surface area contributed by atoms with Crippen LogP contribution in [0.5, 0.6) is 0 Å². The lowest BCUT2D eigenvalue weighted by atomic mass is 9.98. The van der Waals surface area contributed by atoms with Gasteiger partial charge in [0.2, 0.25) is 0 Å². The zero-order chi connectivity index (χ0) is 17.4. The predicted octanol–water partition coefficient (Wildman–Crippen LogP) is 2.13. The summed E-state index contributed by atoms with van der Waals surface area (Å²) < 4.78 is 1.94. The molecule has 0 aromatic carbocycles. The van der Waals surface area contributed by atoms with Crippen LogP contribution < -0.4 is 5.73 Å². The summed E-state index contributed by atoms with van der Waals surface area (Å²) in [6, 6.07) is 9.28. The molecule has 0 spiro atoms. The zero-order valence-electron chi connectivity index (χ0n) is 13.7. The third-order valence-electron chi connectivity index (χ3n) is 4.72. The molecule has 7 nitrogen and oxygen atoms in total. The summed E-state index contributed by atoms with van der Waals surface area (Å²) in [7, 11) is 0. The lowest BCUT2D eigenvalue weighted by Crippen LogP contribution is -2.38. The topological polar surface area (TPSA) is 96.5 Å². The number of amides is 2. The highest BCUT2D eigenvalue weighted by atomic mass is 16.2. The van der Waals surface area contributed by atoms with Gasteiger partial charge in [-0.05, 0) is 43.5 Å². The molecule has 0 bridgehead atoms. The van der Waals surface area contributed by atoms with E-state index in [1.807, 2.05) is 46.0 Å². The maximum absolute atomic E-state index is 13.1. The number of aromatic amines is 1. The Morgan fingerprint density at radius 1 is 1.24 bits per heavy atom. The maximum Gasteiger partial charge on any atom is 0.269 e. The van der Waals surface area contributed by atoms with Gasteiger partial charge in [0.1, 0.15) is 5.69 Å². The van der Waals surface area contributed by atoms with E-state index >= 15 is 0 Å². The van der Waals surface area contributed by atoms with Crippen molar-refractivity contribution in [3.05, 3.63) is 59.7 Å². The third kappa shape index (κ3) is 2.77. The van der Waals surface area contributed by atoms with Crippen molar-refractivity contribution in [2.75, 3.05) is 6.54 Å². The molecule has 25 heavy (non-hydrogen) atoms. The van der Waals surface area contributed by atoms with Gasteiger partial charge in [0, 0.05) is 24.5 Å². The van der Waals surface area contributed by atoms with Crippen molar-refractivity contribution in [2.45, 2.75) is 25.3 Å². The van der Waals surface area contributed by atoms with Crippen molar-refractivity contribution >= 4 is 17.3 Å². The lowest BCUT2D eigenvalue weighted by Gasteiger charge is -2.34. The van der Waals surface area contributed by atoms with Crippen molar-refractivity contribution in [1.82, 2.24) is 19.5 Å². The van der Waals surface area contributed by atoms with Crippen LogP contribution in [-0.4, -0.2) is 37.9 Å². The second-order valence-corrected chi connectivity index (χ2v) is 6.34. The van der Waals surface area contributed by atoms with E-state index in [4.69, 9.17) is 5.73 Å². The highest BCUT2D eigenvalue weighted by Crippen LogP contribution is 2.31. The highest BCUT2D eigenvalue weighted by Gasteiger charge is 2.30. The zero-order valence-corrected chi connectivity index (χ0v) is 13.7. The summed E-state index contributed by atoms with van der Waals surface area (Å²) in [5.74, 6) is -0.585. The molecule has 1 fully saturated rings. The second kappa shape index (κ2) is 6.08. The Balaban J connectivity index is 1.65. The molecule has 4 rings (SSSR count). The first kappa shape index (κ1) is 15.4. The van der Waals surface area contributed by atoms with Gasteiger partial charge in [-0.2, -0.15) is 5.10 Å². The standard InChI is InChI=1S/C18H19N5O2/c19-17(24)15-10-14(20-21-15)16-6-2-4-8-23(16)18(25)12-9-13-5-1-3-7-22(13)11-12/h1,3,5,7,9-11,16H,2,4,6,8H2,(H2,19,24)(H,20,21)/t16-/m0/s1. The number of pyridine rings is 1. The molecule has 7 heteroatoms. The summed E-state index contributed by atoms with van der Waals surface area (Å²) in [5, 5.41) is 6.82. The van der Waals surface area contributed by atoms with Crippen LogP contribution in [0, 0.1) is 0 Å². The van der Waals surface area contributed by atoms with Crippen LogP contribution in [0.1, 0.15) is 51.8 Å². The van der Waals surface area contributed by atoms with E-state index in [1.165, 1.54) is 0 Å². The Bertz CT molecular complexity index is 909. The van der Waals surface area contributed by atoms with E-state index in [0.717, 1.165) is 30.5 Å². The average Bonchev–Trinajstić information content (AvgIpc) is 3.28. The molecule has 1 atom stereocenters. The molecular weight excluding hydrogens is 318 g/mol. The fourth-order valence-electron chi connectivity index (χ4n) is 3.47. The van der Waals surface area contributed by atoms with Gasteiger partial charge in [-0.15, -0.1) is 0 Å². The van der Waals surface area contributed by atoms with Crippen molar-refractivity contribution < 1.29 is 9.59 Å².